The van der Waals surface area contributed by atoms with Crippen LogP contribution in [-0.2, 0) is 0 Å². The predicted molar refractivity (Wildman–Crippen MR) is 66.1 cm³/mol. The minimum Gasteiger partial charge on any atom is -0.339 e. The van der Waals surface area contributed by atoms with Crippen molar-refractivity contribution < 1.29 is 0 Å². The topological polar surface area (TPSA) is 30.9 Å². The van der Waals surface area contributed by atoms with Gasteiger partial charge in [-0.1, -0.05) is 43.0 Å². The van der Waals surface area contributed by atoms with Gasteiger partial charge in [-0.05, 0) is 13.0 Å². The summed E-state index contributed by atoms with van der Waals surface area (Å²) in [4.78, 5) is 0. The third-order valence-electron chi connectivity index (χ3n) is 2.55. The largest absolute Gasteiger partial charge is 0.339 e. The Bertz CT molecular complexity index is 618. The molecule has 0 saturated heterocycles. The minimum atomic E-state index is 1.02. The van der Waals surface area contributed by atoms with Crippen LogP contribution in [0.1, 0.15) is 6.92 Å². The van der Waals surface area contributed by atoms with E-state index in [1.807, 2.05) is 37.3 Å². The lowest BCUT2D eigenvalue weighted by Crippen LogP contribution is -2.33. The summed E-state index contributed by atoms with van der Waals surface area (Å²) in [6.45, 7) is 5.71. The second-order valence-corrected chi connectivity index (χ2v) is 3.38. The average molecular weight is 198 g/mol. The molecule has 0 aliphatic carbocycles. The maximum absolute atomic E-state index is 6.01. The molecule has 0 spiro atoms. The molecule has 0 bridgehead atoms. The maximum Gasteiger partial charge on any atom is 0.0703 e. The fourth-order valence-corrected chi connectivity index (χ4v) is 1.90. The summed E-state index contributed by atoms with van der Waals surface area (Å²) in [5.74, 6) is 6.01. The fraction of sp³-hybridized carbons (Fsp3) is 0.0769. The molecule has 0 radical (unpaired) electrons. The molecule has 2 rings (SSSR count). The van der Waals surface area contributed by atoms with Crippen molar-refractivity contribution >= 4 is 23.1 Å². The zero-order chi connectivity index (χ0) is 10.8. The first-order valence-corrected chi connectivity index (χ1v) is 4.93. The van der Waals surface area contributed by atoms with E-state index in [-0.39, 0.29) is 0 Å². The van der Waals surface area contributed by atoms with Crippen molar-refractivity contribution in [1.82, 2.24) is 4.68 Å². The Morgan fingerprint density at radius 1 is 1.33 bits per heavy atom. The molecule has 15 heavy (non-hydrogen) atoms. The van der Waals surface area contributed by atoms with Crippen LogP contribution in [0.3, 0.4) is 0 Å². The van der Waals surface area contributed by atoms with E-state index in [4.69, 9.17) is 5.84 Å². The molecule has 2 nitrogen and oxygen atoms in total. The van der Waals surface area contributed by atoms with Gasteiger partial charge in [0.05, 0.1) is 10.9 Å². The standard InChI is InChI=1S/C13H14N2/c1-3-7-10-11-8-5-6-9-13(11)15(14)12(10)4-2/h3-9H,1,14H2,2H3/b10-7-,12-4+. The number of nitrogens with two attached hydrogens (primary N) is 1. The van der Waals surface area contributed by atoms with Crippen molar-refractivity contribution in [3.63, 3.8) is 0 Å². The van der Waals surface area contributed by atoms with E-state index in [1.165, 1.54) is 0 Å². The zero-order valence-electron chi connectivity index (χ0n) is 8.77. The van der Waals surface area contributed by atoms with Crippen LogP contribution in [0.4, 0.5) is 0 Å². The number of nitrogen functional groups attached to an aromatic ring is 1. The van der Waals surface area contributed by atoms with Gasteiger partial charge >= 0.3 is 0 Å². The van der Waals surface area contributed by atoms with E-state index in [0.29, 0.717) is 0 Å². The third kappa shape index (κ3) is 1.34. The van der Waals surface area contributed by atoms with E-state index in [9.17, 15) is 0 Å². The van der Waals surface area contributed by atoms with Gasteiger partial charge in [-0.25, -0.2) is 0 Å². The number of aromatic nitrogens is 1. The number of allylic oxidation sites excluding steroid dienone is 1. The van der Waals surface area contributed by atoms with Crippen molar-refractivity contribution in [2.45, 2.75) is 6.92 Å². The highest BCUT2D eigenvalue weighted by Crippen LogP contribution is 2.05. The molecule has 0 unspecified atom stereocenters. The SMILES string of the molecule is C=C/C=c1\c(=C/C)n(N)c2ccccc12. The number of benzene rings is 1. The van der Waals surface area contributed by atoms with Gasteiger partial charge in [-0.2, -0.15) is 0 Å². The number of nitrogens with zero attached hydrogens (tertiary/aromatic N) is 1. The Labute approximate surface area is 88.6 Å². The predicted octanol–water partition coefficient (Wildman–Crippen LogP) is 1.12. The Morgan fingerprint density at radius 3 is 2.73 bits per heavy atom. The molecule has 2 N–H and O–H groups in total. The zero-order valence-corrected chi connectivity index (χ0v) is 8.77. The van der Waals surface area contributed by atoms with Gasteiger partial charge in [0.15, 0.2) is 0 Å². The van der Waals surface area contributed by atoms with Gasteiger partial charge in [0.1, 0.15) is 0 Å². The van der Waals surface area contributed by atoms with Gasteiger partial charge in [-0.15, -0.1) is 0 Å². The summed E-state index contributed by atoms with van der Waals surface area (Å²) >= 11 is 0. The minimum absolute atomic E-state index is 1.02. The second kappa shape index (κ2) is 3.65. The van der Waals surface area contributed by atoms with E-state index < -0.39 is 0 Å². The lowest BCUT2D eigenvalue weighted by molar-refractivity contribution is 1.01. The molecule has 1 heterocycles. The molecular formula is C13H14N2. The van der Waals surface area contributed by atoms with Crippen molar-refractivity contribution in [3.8, 4) is 0 Å². The van der Waals surface area contributed by atoms with Crippen molar-refractivity contribution in [2.24, 2.45) is 0 Å². The molecule has 0 amide bonds. The van der Waals surface area contributed by atoms with Crippen LogP contribution < -0.4 is 16.4 Å². The van der Waals surface area contributed by atoms with Crippen LogP contribution in [0.15, 0.2) is 36.9 Å². The summed E-state index contributed by atoms with van der Waals surface area (Å²) in [5.41, 5.74) is 1.04. The first-order chi connectivity index (χ1) is 7.29. The van der Waals surface area contributed by atoms with Gasteiger partial charge < -0.3 is 5.84 Å². The average Bonchev–Trinajstić information content (AvgIpc) is 2.54. The molecule has 2 aromatic rings. The number of fused-ring (bicyclic) bond motifs is 1. The normalized spacial score (nSPS) is 13.7. The number of para-hydroxylation sites is 1. The van der Waals surface area contributed by atoms with E-state index in [0.717, 1.165) is 21.5 Å². The smallest absolute Gasteiger partial charge is 0.0703 e. The van der Waals surface area contributed by atoms with E-state index >= 15 is 0 Å². The Kier molecular flexibility index (Phi) is 2.34. The van der Waals surface area contributed by atoms with Crippen LogP contribution in [0.5, 0.6) is 0 Å². The Morgan fingerprint density at radius 2 is 2.07 bits per heavy atom. The molecule has 2 heteroatoms. The fourth-order valence-electron chi connectivity index (χ4n) is 1.90. The summed E-state index contributed by atoms with van der Waals surface area (Å²) in [6, 6.07) is 8.09. The van der Waals surface area contributed by atoms with Crippen molar-refractivity contribution in [2.75, 3.05) is 5.84 Å². The molecule has 0 atom stereocenters. The van der Waals surface area contributed by atoms with Crippen LogP contribution in [0.25, 0.3) is 23.1 Å². The molecule has 0 saturated carbocycles. The summed E-state index contributed by atoms with van der Waals surface area (Å²) < 4.78 is 1.71. The third-order valence-corrected chi connectivity index (χ3v) is 2.55. The molecule has 0 fully saturated rings. The first-order valence-electron chi connectivity index (χ1n) is 4.93. The van der Waals surface area contributed by atoms with Crippen molar-refractivity contribution in [3.05, 3.63) is 47.5 Å². The highest BCUT2D eigenvalue weighted by atomic mass is 15.3. The number of rotatable bonds is 1. The molecular weight excluding hydrogens is 184 g/mol. The molecule has 0 aliphatic heterocycles. The number of hydrogen-bond donors (Lipinski definition) is 1. The Balaban J connectivity index is 3.13. The monoisotopic (exact) mass is 198 g/mol. The number of hydrogen-bond acceptors (Lipinski definition) is 1. The van der Waals surface area contributed by atoms with Crippen LogP contribution in [0.2, 0.25) is 0 Å². The lowest BCUT2D eigenvalue weighted by Gasteiger charge is -1.94. The van der Waals surface area contributed by atoms with Gasteiger partial charge in [-0.3, -0.25) is 4.68 Å². The maximum atomic E-state index is 6.01. The summed E-state index contributed by atoms with van der Waals surface area (Å²) in [6.07, 6.45) is 5.78. The second-order valence-electron chi connectivity index (χ2n) is 3.38. The highest BCUT2D eigenvalue weighted by molar-refractivity contribution is 5.82. The van der Waals surface area contributed by atoms with E-state index in [1.54, 1.807) is 10.8 Å². The van der Waals surface area contributed by atoms with Crippen LogP contribution in [-0.4, -0.2) is 4.68 Å². The van der Waals surface area contributed by atoms with E-state index in [2.05, 4.69) is 12.6 Å². The highest BCUT2D eigenvalue weighted by Gasteiger charge is 2.02. The molecule has 0 aliphatic rings. The quantitative estimate of drug-likeness (QED) is 0.684. The van der Waals surface area contributed by atoms with Crippen LogP contribution in [0, 0.1) is 0 Å². The molecule has 1 aromatic carbocycles. The molecule has 1 aromatic heterocycles. The van der Waals surface area contributed by atoms with Gasteiger partial charge in [0.2, 0.25) is 0 Å². The first kappa shape index (κ1) is 9.59. The lowest BCUT2D eigenvalue weighted by atomic mass is 10.2. The Hall–Kier alpha value is -1.96. The molecule has 76 valence electrons. The summed E-state index contributed by atoms with van der Waals surface area (Å²) in [7, 11) is 0. The van der Waals surface area contributed by atoms with Gasteiger partial charge in [0.25, 0.3) is 0 Å². The van der Waals surface area contributed by atoms with Crippen molar-refractivity contribution in [1.29, 1.82) is 0 Å². The summed E-state index contributed by atoms with van der Waals surface area (Å²) in [5, 5.41) is 3.31. The van der Waals surface area contributed by atoms with Gasteiger partial charge in [0, 0.05) is 10.6 Å². The van der Waals surface area contributed by atoms with Crippen LogP contribution >= 0.6 is 0 Å².